The van der Waals surface area contributed by atoms with E-state index in [1.54, 1.807) is 0 Å². The SMILES string of the molecule is CC(Nc1snc(O)c1C(=N)NCC1CCCCC1)c1ccccc1. The van der Waals surface area contributed by atoms with E-state index in [9.17, 15) is 5.11 Å². The van der Waals surface area contributed by atoms with Crippen molar-refractivity contribution in [2.45, 2.75) is 45.1 Å². The van der Waals surface area contributed by atoms with Crippen molar-refractivity contribution in [2.75, 3.05) is 11.9 Å². The summed E-state index contributed by atoms with van der Waals surface area (Å²) in [7, 11) is 0. The topological polar surface area (TPSA) is 81.0 Å². The molecule has 1 heterocycles. The summed E-state index contributed by atoms with van der Waals surface area (Å²) in [5, 5.41) is 25.8. The van der Waals surface area contributed by atoms with E-state index in [0.717, 1.165) is 17.1 Å². The zero-order valence-electron chi connectivity index (χ0n) is 14.6. The first-order valence-electron chi connectivity index (χ1n) is 8.98. The first-order chi connectivity index (χ1) is 12.1. The number of amidine groups is 1. The quantitative estimate of drug-likeness (QED) is 0.452. The monoisotopic (exact) mass is 358 g/mol. The first-order valence-corrected chi connectivity index (χ1v) is 9.75. The molecule has 25 heavy (non-hydrogen) atoms. The van der Waals surface area contributed by atoms with Crippen molar-refractivity contribution in [1.29, 1.82) is 5.41 Å². The van der Waals surface area contributed by atoms with Gasteiger partial charge in [-0.25, -0.2) is 0 Å². The van der Waals surface area contributed by atoms with Gasteiger partial charge in [0.05, 0.1) is 0 Å². The van der Waals surface area contributed by atoms with Crippen LogP contribution in [-0.2, 0) is 0 Å². The Morgan fingerprint density at radius 2 is 2.00 bits per heavy atom. The number of nitrogens with one attached hydrogen (secondary N) is 3. The number of aromatic nitrogens is 1. The van der Waals surface area contributed by atoms with Crippen LogP contribution in [0.3, 0.4) is 0 Å². The molecular weight excluding hydrogens is 332 g/mol. The van der Waals surface area contributed by atoms with Gasteiger partial charge in [0.1, 0.15) is 16.4 Å². The van der Waals surface area contributed by atoms with Crippen LogP contribution in [0.4, 0.5) is 5.00 Å². The van der Waals surface area contributed by atoms with E-state index >= 15 is 0 Å². The van der Waals surface area contributed by atoms with Gasteiger partial charge in [-0.1, -0.05) is 49.6 Å². The fourth-order valence-corrected chi connectivity index (χ4v) is 4.14. The molecule has 2 aromatic rings. The molecule has 4 N–H and O–H groups in total. The van der Waals surface area contributed by atoms with Gasteiger partial charge in [-0.3, -0.25) is 5.41 Å². The highest BCUT2D eigenvalue weighted by atomic mass is 32.1. The Kier molecular flexibility index (Phi) is 5.91. The molecule has 0 saturated heterocycles. The maximum atomic E-state index is 10.1. The van der Waals surface area contributed by atoms with Crippen LogP contribution in [0.2, 0.25) is 0 Å². The third-order valence-corrected chi connectivity index (χ3v) is 5.63. The maximum absolute atomic E-state index is 10.1. The minimum Gasteiger partial charge on any atom is -0.492 e. The average molecular weight is 359 g/mol. The number of anilines is 1. The summed E-state index contributed by atoms with van der Waals surface area (Å²) in [6.45, 7) is 2.86. The van der Waals surface area contributed by atoms with Crippen LogP contribution < -0.4 is 10.6 Å². The Bertz CT molecular complexity index is 695. The van der Waals surface area contributed by atoms with Crippen LogP contribution >= 0.6 is 11.5 Å². The van der Waals surface area contributed by atoms with E-state index < -0.39 is 0 Å². The van der Waals surface area contributed by atoms with Gasteiger partial charge in [0.15, 0.2) is 0 Å². The van der Waals surface area contributed by atoms with Gasteiger partial charge in [-0.05, 0) is 42.8 Å². The summed E-state index contributed by atoms with van der Waals surface area (Å²) < 4.78 is 4.03. The average Bonchev–Trinajstić information content (AvgIpc) is 3.01. The number of hydrogen-bond acceptors (Lipinski definition) is 5. The van der Waals surface area contributed by atoms with Crippen LogP contribution in [0, 0.1) is 11.3 Å². The van der Waals surface area contributed by atoms with E-state index in [1.165, 1.54) is 43.6 Å². The summed E-state index contributed by atoms with van der Waals surface area (Å²) in [5.74, 6) is 0.802. The fraction of sp³-hybridized carbons (Fsp3) is 0.474. The van der Waals surface area contributed by atoms with Gasteiger partial charge in [0, 0.05) is 12.6 Å². The van der Waals surface area contributed by atoms with Crippen molar-refractivity contribution < 1.29 is 5.11 Å². The highest BCUT2D eigenvalue weighted by Gasteiger charge is 2.21. The van der Waals surface area contributed by atoms with E-state index in [0.29, 0.717) is 11.5 Å². The van der Waals surface area contributed by atoms with Crippen molar-refractivity contribution in [2.24, 2.45) is 5.92 Å². The second-order valence-corrected chi connectivity index (χ2v) is 7.52. The van der Waals surface area contributed by atoms with Gasteiger partial charge in [0.2, 0.25) is 5.88 Å². The molecular formula is C19H26N4OS. The lowest BCUT2D eigenvalue weighted by atomic mass is 9.89. The van der Waals surface area contributed by atoms with Gasteiger partial charge in [-0.2, -0.15) is 4.37 Å². The standard InChI is InChI=1S/C19H26N4OS/c1-13(15-10-6-3-7-11-15)22-19-16(18(24)23-25-19)17(20)21-12-14-8-4-2-5-9-14/h3,6-7,10-11,13-14,22H,2,4-5,8-9,12H2,1H3,(H2,20,21)(H,23,24). The van der Waals surface area contributed by atoms with Gasteiger partial charge >= 0.3 is 0 Å². The molecule has 0 spiro atoms. The Morgan fingerprint density at radius 3 is 2.72 bits per heavy atom. The van der Waals surface area contributed by atoms with Crippen LogP contribution in [0.1, 0.15) is 56.2 Å². The molecule has 1 aliphatic rings. The van der Waals surface area contributed by atoms with Crippen LogP contribution in [0.5, 0.6) is 5.88 Å². The maximum Gasteiger partial charge on any atom is 0.236 e. The summed E-state index contributed by atoms with van der Waals surface area (Å²) in [4.78, 5) is 0. The third kappa shape index (κ3) is 4.51. The molecule has 0 bridgehead atoms. The smallest absolute Gasteiger partial charge is 0.236 e. The lowest BCUT2D eigenvalue weighted by Gasteiger charge is -2.22. The minimum absolute atomic E-state index is 0.0749. The molecule has 1 aliphatic carbocycles. The van der Waals surface area contributed by atoms with Crippen molar-refractivity contribution >= 4 is 22.4 Å². The summed E-state index contributed by atoms with van der Waals surface area (Å²) in [6, 6.07) is 10.2. The highest BCUT2D eigenvalue weighted by molar-refractivity contribution is 7.10. The van der Waals surface area contributed by atoms with Crippen LogP contribution in [0.15, 0.2) is 30.3 Å². The molecule has 1 aromatic carbocycles. The first kappa shape index (κ1) is 17.7. The number of benzene rings is 1. The number of nitrogens with zero attached hydrogens (tertiary/aromatic N) is 1. The molecule has 1 fully saturated rings. The molecule has 1 saturated carbocycles. The van der Waals surface area contributed by atoms with Gasteiger partial charge < -0.3 is 15.7 Å². The molecule has 6 heteroatoms. The Labute approximate surface area is 153 Å². The van der Waals surface area contributed by atoms with E-state index in [-0.39, 0.29) is 17.8 Å². The van der Waals surface area contributed by atoms with Crippen LogP contribution in [0.25, 0.3) is 0 Å². The second kappa shape index (κ2) is 8.34. The summed E-state index contributed by atoms with van der Waals surface area (Å²) >= 11 is 1.20. The predicted octanol–water partition coefficient (Wildman–Crippen LogP) is 4.52. The van der Waals surface area contributed by atoms with E-state index in [4.69, 9.17) is 5.41 Å². The molecule has 1 aromatic heterocycles. The molecule has 5 nitrogen and oxygen atoms in total. The van der Waals surface area contributed by atoms with E-state index in [2.05, 4.69) is 34.1 Å². The Hall–Kier alpha value is -2.08. The normalized spacial score (nSPS) is 16.4. The van der Waals surface area contributed by atoms with E-state index in [1.807, 2.05) is 18.2 Å². The molecule has 3 rings (SSSR count). The Balaban J connectivity index is 1.65. The molecule has 1 atom stereocenters. The number of rotatable bonds is 6. The van der Waals surface area contributed by atoms with Crippen molar-refractivity contribution in [3.63, 3.8) is 0 Å². The second-order valence-electron chi connectivity index (χ2n) is 6.75. The number of aromatic hydroxyl groups is 1. The molecule has 134 valence electrons. The number of hydrogen-bond donors (Lipinski definition) is 4. The summed E-state index contributed by atoms with van der Waals surface area (Å²) in [5.41, 5.74) is 1.63. The molecule has 1 unspecified atom stereocenters. The summed E-state index contributed by atoms with van der Waals surface area (Å²) in [6.07, 6.45) is 6.35. The zero-order valence-corrected chi connectivity index (χ0v) is 15.4. The predicted molar refractivity (Wildman–Crippen MR) is 104 cm³/mol. The highest BCUT2D eigenvalue weighted by Crippen LogP contribution is 2.32. The fourth-order valence-electron chi connectivity index (χ4n) is 3.35. The Morgan fingerprint density at radius 1 is 1.28 bits per heavy atom. The van der Waals surface area contributed by atoms with Crippen molar-refractivity contribution in [1.82, 2.24) is 9.69 Å². The van der Waals surface area contributed by atoms with Gasteiger partial charge in [0.25, 0.3) is 0 Å². The lowest BCUT2D eigenvalue weighted by molar-refractivity contribution is 0.356. The molecule has 0 radical (unpaired) electrons. The van der Waals surface area contributed by atoms with Gasteiger partial charge in [-0.15, -0.1) is 0 Å². The third-order valence-electron chi connectivity index (χ3n) is 4.86. The largest absolute Gasteiger partial charge is 0.492 e. The van der Waals surface area contributed by atoms with Crippen LogP contribution in [-0.4, -0.2) is 21.9 Å². The molecule has 0 amide bonds. The molecule has 0 aliphatic heterocycles. The van der Waals surface area contributed by atoms with Crippen molar-refractivity contribution in [3.05, 3.63) is 41.5 Å². The zero-order chi connectivity index (χ0) is 17.6. The van der Waals surface area contributed by atoms with Crippen molar-refractivity contribution in [3.8, 4) is 5.88 Å². The minimum atomic E-state index is -0.0751. The lowest BCUT2D eigenvalue weighted by Crippen LogP contribution is -2.30.